The first-order valence-electron chi connectivity index (χ1n) is 6.47. The molecule has 2 aromatic rings. The number of nitrogens with zero attached hydrogens (tertiary/aromatic N) is 2. The van der Waals surface area contributed by atoms with E-state index in [4.69, 9.17) is 5.73 Å². The van der Waals surface area contributed by atoms with E-state index < -0.39 is 0 Å². The second kappa shape index (κ2) is 5.24. The predicted molar refractivity (Wildman–Crippen MR) is 75.6 cm³/mol. The Morgan fingerprint density at radius 2 is 2.05 bits per heavy atom. The van der Waals surface area contributed by atoms with Crippen molar-refractivity contribution in [2.45, 2.75) is 19.5 Å². The summed E-state index contributed by atoms with van der Waals surface area (Å²) in [5, 5.41) is 6.51. The minimum absolute atomic E-state index is 0.577. The second-order valence-electron chi connectivity index (χ2n) is 4.62. The minimum Gasteiger partial charge on any atom is -0.383 e. The highest BCUT2D eigenvalue weighted by atomic mass is 15.1. The SMILES string of the molecule is Nc1nc(NCc2ccccc2)nc2c1CNCC2. The van der Waals surface area contributed by atoms with Gasteiger partial charge in [0, 0.05) is 31.6 Å². The van der Waals surface area contributed by atoms with Crippen molar-refractivity contribution < 1.29 is 0 Å². The van der Waals surface area contributed by atoms with Crippen molar-refractivity contribution in [1.82, 2.24) is 15.3 Å². The molecule has 1 aliphatic rings. The molecule has 1 aromatic heterocycles. The van der Waals surface area contributed by atoms with E-state index in [1.807, 2.05) is 18.2 Å². The molecule has 3 rings (SSSR count). The van der Waals surface area contributed by atoms with Crippen LogP contribution in [-0.2, 0) is 19.5 Å². The van der Waals surface area contributed by atoms with Crippen LogP contribution in [0.2, 0.25) is 0 Å². The number of rotatable bonds is 3. The van der Waals surface area contributed by atoms with E-state index in [-0.39, 0.29) is 0 Å². The summed E-state index contributed by atoms with van der Waals surface area (Å²) in [5.41, 5.74) is 9.27. The highest BCUT2D eigenvalue weighted by Gasteiger charge is 2.15. The van der Waals surface area contributed by atoms with Crippen molar-refractivity contribution in [3.05, 3.63) is 47.2 Å². The molecule has 0 amide bonds. The molecule has 0 spiro atoms. The van der Waals surface area contributed by atoms with Crippen molar-refractivity contribution in [2.24, 2.45) is 0 Å². The number of nitrogen functional groups attached to an aromatic ring is 1. The molecule has 1 aliphatic heterocycles. The van der Waals surface area contributed by atoms with Gasteiger partial charge in [0.15, 0.2) is 0 Å². The number of anilines is 2. The molecule has 5 nitrogen and oxygen atoms in total. The normalized spacial score (nSPS) is 13.9. The molecule has 4 N–H and O–H groups in total. The first-order valence-corrected chi connectivity index (χ1v) is 6.47. The fraction of sp³-hybridized carbons (Fsp3) is 0.286. The van der Waals surface area contributed by atoms with E-state index in [0.29, 0.717) is 18.3 Å². The lowest BCUT2D eigenvalue weighted by Crippen LogP contribution is -2.26. The zero-order valence-electron chi connectivity index (χ0n) is 10.7. The maximum atomic E-state index is 5.98. The first kappa shape index (κ1) is 11.9. The summed E-state index contributed by atoms with van der Waals surface area (Å²) in [6.07, 6.45) is 0.905. The van der Waals surface area contributed by atoms with Crippen LogP contribution in [0, 0.1) is 0 Å². The Labute approximate surface area is 112 Å². The van der Waals surface area contributed by atoms with Crippen LogP contribution in [0.15, 0.2) is 30.3 Å². The third-order valence-corrected chi connectivity index (χ3v) is 3.26. The molecule has 0 fully saturated rings. The quantitative estimate of drug-likeness (QED) is 0.771. The molecule has 0 aliphatic carbocycles. The van der Waals surface area contributed by atoms with Crippen LogP contribution < -0.4 is 16.4 Å². The fourth-order valence-corrected chi connectivity index (χ4v) is 2.23. The molecular formula is C14H17N5. The van der Waals surface area contributed by atoms with Gasteiger partial charge in [-0.15, -0.1) is 0 Å². The van der Waals surface area contributed by atoms with Gasteiger partial charge in [-0.2, -0.15) is 4.98 Å². The van der Waals surface area contributed by atoms with Gasteiger partial charge in [-0.25, -0.2) is 4.98 Å². The lowest BCUT2D eigenvalue weighted by atomic mass is 10.1. The van der Waals surface area contributed by atoms with Gasteiger partial charge in [0.25, 0.3) is 0 Å². The van der Waals surface area contributed by atoms with Crippen LogP contribution in [0.5, 0.6) is 0 Å². The van der Waals surface area contributed by atoms with Crippen molar-refractivity contribution in [3.63, 3.8) is 0 Å². The third-order valence-electron chi connectivity index (χ3n) is 3.26. The van der Waals surface area contributed by atoms with E-state index in [2.05, 4.69) is 32.7 Å². The van der Waals surface area contributed by atoms with Gasteiger partial charge in [0.2, 0.25) is 5.95 Å². The molecule has 0 saturated carbocycles. The Hall–Kier alpha value is -2.14. The monoisotopic (exact) mass is 255 g/mol. The van der Waals surface area contributed by atoms with E-state index in [9.17, 15) is 0 Å². The number of hydrogen-bond acceptors (Lipinski definition) is 5. The number of nitrogens with one attached hydrogen (secondary N) is 2. The molecule has 2 heterocycles. The van der Waals surface area contributed by atoms with Crippen molar-refractivity contribution in [3.8, 4) is 0 Å². The van der Waals surface area contributed by atoms with Crippen LogP contribution in [0.4, 0.5) is 11.8 Å². The lowest BCUT2D eigenvalue weighted by Gasteiger charge is -2.18. The Balaban J connectivity index is 1.76. The summed E-state index contributed by atoms with van der Waals surface area (Å²) >= 11 is 0. The van der Waals surface area contributed by atoms with E-state index in [0.717, 1.165) is 30.8 Å². The molecule has 19 heavy (non-hydrogen) atoms. The summed E-state index contributed by atoms with van der Waals surface area (Å²) in [4.78, 5) is 8.86. The molecule has 5 heteroatoms. The van der Waals surface area contributed by atoms with Gasteiger partial charge in [-0.1, -0.05) is 30.3 Å². The number of benzene rings is 1. The van der Waals surface area contributed by atoms with Gasteiger partial charge in [0.05, 0.1) is 5.69 Å². The predicted octanol–water partition coefficient (Wildman–Crippen LogP) is 1.32. The van der Waals surface area contributed by atoms with Gasteiger partial charge in [-0.05, 0) is 5.56 Å². The first-order chi connectivity index (χ1) is 9.33. The standard InChI is InChI=1S/C14H17N5/c15-13-11-9-16-7-6-12(11)18-14(19-13)17-8-10-4-2-1-3-5-10/h1-5,16H,6-9H2,(H3,15,17,18,19). The van der Waals surface area contributed by atoms with Crippen LogP contribution in [0.25, 0.3) is 0 Å². The number of nitrogens with two attached hydrogens (primary N) is 1. The highest BCUT2D eigenvalue weighted by molar-refractivity contribution is 5.48. The zero-order valence-corrected chi connectivity index (χ0v) is 10.7. The Bertz CT molecular complexity index is 568. The molecule has 98 valence electrons. The van der Waals surface area contributed by atoms with Crippen LogP contribution in [0.3, 0.4) is 0 Å². The molecule has 0 unspecified atom stereocenters. The van der Waals surface area contributed by atoms with E-state index in [1.54, 1.807) is 0 Å². The Morgan fingerprint density at radius 3 is 2.89 bits per heavy atom. The van der Waals surface area contributed by atoms with Crippen LogP contribution in [-0.4, -0.2) is 16.5 Å². The molecule has 0 bridgehead atoms. The Kier molecular flexibility index (Phi) is 3.29. The fourth-order valence-electron chi connectivity index (χ4n) is 2.23. The van der Waals surface area contributed by atoms with Gasteiger partial charge >= 0.3 is 0 Å². The summed E-state index contributed by atoms with van der Waals surface area (Å²) in [6, 6.07) is 10.2. The average Bonchev–Trinajstić information content (AvgIpc) is 2.46. The van der Waals surface area contributed by atoms with Crippen molar-refractivity contribution >= 4 is 11.8 Å². The summed E-state index contributed by atoms with van der Waals surface area (Å²) < 4.78 is 0. The number of hydrogen-bond donors (Lipinski definition) is 3. The molecule has 1 aromatic carbocycles. The molecular weight excluding hydrogens is 238 g/mol. The largest absolute Gasteiger partial charge is 0.383 e. The van der Waals surface area contributed by atoms with Crippen molar-refractivity contribution in [2.75, 3.05) is 17.6 Å². The van der Waals surface area contributed by atoms with E-state index in [1.165, 1.54) is 5.56 Å². The second-order valence-corrected chi connectivity index (χ2v) is 4.62. The van der Waals surface area contributed by atoms with Crippen molar-refractivity contribution in [1.29, 1.82) is 0 Å². The van der Waals surface area contributed by atoms with E-state index >= 15 is 0 Å². The zero-order chi connectivity index (χ0) is 13.1. The van der Waals surface area contributed by atoms with Crippen LogP contribution >= 0.6 is 0 Å². The highest BCUT2D eigenvalue weighted by Crippen LogP contribution is 2.19. The number of aromatic nitrogens is 2. The summed E-state index contributed by atoms with van der Waals surface area (Å²) in [5.74, 6) is 1.19. The van der Waals surface area contributed by atoms with Gasteiger partial charge in [-0.3, -0.25) is 0 Å². The number of fused-ring (bicyclic) bond motifs is 1. The maximum absolute atomic E-state index is 5.98. The van der Waals surface area contributed by atoms with Gasteiger partial charge in [0.1, 0.15) is 5.82 Å². The summed E-state index contributed by atoms with van der Waals surface area (Å²) in [7, 11) is 0. The molecule has 0 radical (unpaired) electrons. The minimum atomic E-state index is 0.577. The average molecular weight is 255 g/mol. The Morgan fingerprint density at radius 1 is 1.21 bits per heavy atom. The third kappa shape index (κ3) is 2.66. The summed E-state index contributed by atoms with van der Waals surface area (Å²) in [6.45, 7) is 2.42. The van der Waals surface area contributed by atoms with Gasteiger partial charge < -0.3 is 16.4 Å². The maximum Gasteiger partial charge on any atom is 0.225 e. The molecule has 0 atom stereocenters. The van der Waals surface area contributed by atoms with Crippen LogP contribution in [0.1, 0.15) is 16.8 Å². The lowest BCUT2D eigenvalue weighted by molar-refractivity contribution is 0.628. The topological polar surface area (TPSA) is 75.9 Å². The molecule has 0 saturated heterocycles. The smallest absolute Gasteiger partial charge is 0.225 e.